The number of hydrogen-bond donors (Lipinski definition) is 2. The van der Waals surface area contributed by atoms with Crippen molar-refractivity contribution >= 4 is 0 Å². The fraction of sp³-hybridized carbons (Fsp3) is 0.600. The molecule has 1 unspecified atom stereocenters. The molecular formula is C15H24N2O2. The number of benzene rings is 1. The van der Waals surface area contributed by atoms with Crippen LogP contribution >= 0.6 is 0 Å². The van der Waals surface area contributed by atoms with Crippen molar-refractivity contribution in [2.75, 3.05) is 39.4 Å². The first kappa shape index (κ1) is 14.5. The Bertz CT molecular complexity index is 350. The fourth-order valence-corrected chi connectivity index (χ4v) is 2.67. The summed E-state index contributed by atoms with van der Waals surface area (Å²) >= 11 is 0. The number of aliphatic hydroxyl groups excluding tert-OH is 2. The summed E-state index contributed by atoms with van der Waals surface area (Å²) in [5, 5.41) is 18.3. The summed E-state index contributed by atoms with van der Waals surface area (Å²) in [5.74, 6) is 0. The Morgan fingerprint density at radius 3 is 2.26 bits per heavy atom. The molecule has 19 heavy (non-hydrogen) atoms. The van der Waals surface area contributed by atoms with Crippen molar-refractivity contribution in [3.05, 3.63) is 35.9 Å². The van der Waals surface area contributed by atoms with Crippen LogP contribution in [-0.2, 0) is 6.54 Å². The first-order chi connectivity index (χ1) is 9.33. The Morgan fingerprint density at radius 2 is 1.68 bits per heavy atom. The number of rotatable bonds is 6. The summed E-state index contributed by atoms with van der Waals surface area (Å²) in [7, 11) is 0. The van der Waals surface area contributed by atoms with Gasteiger partial charge in [-0.3, -0.25) is 9.80 Å². The molecule has 1 aliphatic rings. The van der Waals surface area contributed by atoms with Crippen LogP contribution in [0.1, 0.15) is 12.0 Å². The minimum atomic E-state index is 0.115. The first-order valence-electron chi connectivity index (χ1n) is 7.05. The molecule has 0 aromatic heterocycles. The average Bonchev–Trinajstić information content (AvgIpc) is 2.47. The number of hydrogen-bond acceptors (Lipinski definition) is 4. The second-order valence-corrected chi connectivity index (χ2v) is 5.15. The summed E-state index contributed by atoms with van der Waals surface area (Å²) in [5.41, 5.74) is 1.35. The van der Waals surface area contributed by atoms with E-state index in [0.29, 0.717) is 6.42 Å². The Hall–Kier alpha value is -0.940. The van der Waals surface area contributed by atoms with Gasteiger partial charge < -0.3 is 10.2 Å². The molecule has 1 aliphatic heterocycles. The second kappa shape index (κ2) is 7.60. The van der Waals surface area contributed by atoms with Crippen molar-refractivity contribution in [2.45, 2.75) is 19.0 Å². The zero-order chi connectivity index (χ0) is 13.5. The molecule has 0 amide bonds. The SMILES string of the molecule is OCCC(CO)N1CCN(Cc2ccccc2)CC1. The summed E-state index contributed by atoms with van der Waals surface area (Å²) in [6, 6.07) is 10.6. The molecule has 106 valence electrons. The molecular weight excluding hydrogens is 240 g/mol. The lowest BCUT2D eigenvalue weighted by atomic mass is 10.1. The van der Waals surface area contributed by atoms with E-state index in [9.17, 15) is 5.11 Å². The van der Waals surface area contributed by atoms with Gasteiger partial charge in [0.25, 0.3) is 0 Å². The molecule has 1 heterocycles. The normalized spacial score (nSPS) is 19.5. The molecule has 4 heteroatoms. The van der Waals surface area contributed by atoms with E-state index in [1.165, 1.54) is 5.56 Å². The van der Waals surface area contributed by atoms with E-state index < -0.39 is 0 Å². The second-order valence-electron chi connectivity index (χ2n) is 5.15. The van der Waals surface area contributed by atoms with E-state index in [1.54, 1.807) is 0 Å². The lowest BCUT2D eigenvalue weighted by molar-refractivity contribution is 0.0503. The molecule has 0 radical (unpaired) electrons. The van der Waals surface area contributed by atoms with Crippen LogP contribution in [0.2, 0.25) is 0 Å². The molecule has 1 aromatic carbocycles. The lowest BCUT2D eigenvalue weighted by Gasteiger charge is -2.38. The molecule has 4 nitrogen and oxygen atoms in total. The van der Waals surface area contributed by atoms with E-state index in [1.807, 2.05) is 6.07 Å². The highest BCUT2D eigenvalue weighted by molar-refractivity contribution is 5.14. The summed E-state index contributed by atoms with van der Waals surface area (Å²) in [6.45, 7) is 5.27. The maximum absolute atomic E-state index is 9.34. The maximum atomic E-state index is 9.34. The first-order valence-corrected chi connectivity index (χ1v) is 7.05. The standard InChI is InChI=1S/C15H24N2O2/c18-11-6-15(13-19)17-9-7-16(8-10-17)12-14-4-2-1-3-5-14/h1-5,15,18-19H,6-13H2. The molecule has 1 atom stereocenters. The topological polar surface area (TPSA) is 46.9 Å². The largest absolute Gasteiger partial charge is 0.396 e. The summed E-state index contributed by atoms with van der Waals surface area (Å²) < 4.78 is 0. The molecule has 2 rings (SSSR count). The van der Waals surface area contributed by atoms with Crippen molar-refractivity contribution in [2.24, 2.45) is 0 Å². The highest BCUT2D eigenvalue weighted by Crippen LogP contribution is 2.12. The van der Waals surface area contributed by atoms with Crippen molar-refractivity contribution in [1.82, 2.24) is 9.80 Å². The van der Waals surface area contributed by atoms with Crippen LogP contribution in [0.15, 0.2) is 30.3 Å². The third-order valence-corrected chi connectivity index (χ3v) is 3.85. The molecule has 0 bridgehead atoms. The third-order valence-electron chi connectivity index (χ3n) is 3.85. The molecule has 1 saturated heterocycles. The van der Waals surface area contributed by atoms with E-state index in [2.05, 4.69) is 34.1 Å². The van der Waals surface area contributed by atoms with Crippen molar-refractivity contribution in [3.63, 3.8) is 0 Å². The van der Waals surface area contributed by atoms with Gasteiger partial charge in [-0.15, -0.1) is 0 Å². The molecule has 2 N–H and O–H groups in total. The minimum Gasteiger partial charge on any atom is -0.396 e. The van der Waals surface area contributed by atoms with E-state index >= 15 is 0 Å². The number of aliphatic hydroxyl groups is 2. The molecule has 0 aliphatic carbocycles. The highest BCUT2D eigenvalue weighted by atomic mass is 16.3. The van der Waals surface area contributed by atoms with Crippen LogP contribution < -0.4 is 0 Å². The van der Waals surface area contributed by atoms with Crippen LogP contribution in [0.25, 0.3) is 0 Å². The predicted octanol–water partition coefficient (Wildman–Crippen LogP) is 0.547. The minimum absolute atomic E-state index is 0.115. The van der Waals surface area contributed by atoms with Gasteiger partial charge in [-0.1, -0.05) is 30.3 Å². The van der Waals surface area contributed by atoms with Crippen LogP contribution in [-0.4, -0.2) is 65.4 Å². The van der Waals surface area contributed by atoms with Crippen LogP contribution in [0.3, 0.4) is 0 Å². The van der Waals surface area contributed by atoms with Crippen LogP contribution in [0, 0.1) is 0 Å². The Morgan fingerprint density at radius 1 is 1.00 bits per heavy atom. The fourth-order valence-electron chi connectivity index (χ4n) is 2.67. The lowest BCUT2D eigenvalue weighted by Crippen LogP contribution is -2.51. The third kappa shape index (κ3) is 4.28. The van der Waals surface area contributed by atoms with Gasteiger partial charge in [-0.25, -0.2) is 0 Å². The van der Waals surface area contributed by atoms with Crippen molar-refractivity contribution in [3.8, 4) is 0 Å². The average molecular weight is 264 g/mol. The van der Waals surface area contributed by atoms with Crippen LogP contribution in [0.5, 0.6) is 0 Å². The zero-order valence-corrected chi connectivity index (χ0v) is 11.4. The van der Waals surface area contributed by atoms with E-state index in [0.717, 1.165) is 32.7 Å². The summed E-state index contributed by atoms with van der Waals surface area (Å²) in [6.07, 6.45) is 0.662. The quantitative estimate of drug-likeness (QED) is 0.787. The van der Waals surface area contributed by atoms with Gasteiger partial charge in [0.2, 0.25) is 0 Å². The Balaban J connectivity index is 1.79. The van der Waals surface area contributed by atoms with E-state index in [4.69, 9.17) is 5.11 Å². The summed E-state index contributed by atoms with van der Waals surface area (Å²) in [4.78, 5) is 4.73. The molecule has 0 saturated carbocycles. The van der Waals surface area contributed by atoms with Gasteiger partial charge in [0.05, 0.1) is 6.61 Å². The molecule has 0 spiro atoms. The zero-order valence-electron chi connectivity index (χ0n) is 11.4. The van der Waals surface area contributed by atoms with Gasteiger partial charge >= 0.3 is 0 Å². The predicted molar refractivity (Wildman–Crippen MR) is 75.9 cm³/mol. The van der Waals surface area contributed by atoms with Gasteiger partial charge in [0.1, 0.15) is 0 Å². The molecule has 1 fully saturated rings. The van der Waals surface area contributed by atoms with E-state index in [-0.39, 0.29) is 19.3 Å². The maximum Gasteiger partial charge on any atom is 0.0587 e. The number of piperazine rings is 1. The smallest absolute Gasteiger partial charge is 0.0587 e. The Kier molecular flexibility index (Phi) is 5.79. The Labute approximate surface area is 115 Å². The molecule has 1 aromatic rings. The monoisotopic (exact) mass is 264 g/mol. The van der Waals surface area contributed by atoms with Gasteiger partial charge in [0.15, 0.2) is 0 Å². The van der Waals surface area contributed by atoms with Gasteiger partial charge in [-0.2, -0.15) is 0 Å². The van der Waals surface area contributed by atoms with Crippen LogP contribution in [0.4, 0.5) is 0 Å². The van der Waals surface area contributed by atoms with Crippen molar-refractivity contribution < 1.29 is 10.2 Å². The van der Waals surface area contributed by atoms with Crippen molar-refractivity contribution in [1.29, 1.82) is 0 Å². The highest BCUT2D eigenvalue weighted by Gasteiger charge is 2.22. The van der Waals surface area contributed by atoms with Gasteiger partial charge in [-0.05, 0) is 12.0 Å². The number of nitrogens with zero attached hydrogens (tertiary/aromatic N) is 2. The van der Waals surface area contributed by atoms with Gasteiger partial charge in [0, 0.05) is 45.4 Å².